The molecule has 0 aliphatic carbocycles. The van der Waals surface area contributed by atoms with E-state index in [1.54, 1.807) is 23.1 Å². The Kier molecular flexibility index (Phi) is 4.48. The van der Waals surface area contributed by atoms with Gasteiger partial charge in [0.25, 0.3) is 0 Å². The summed E-state index contributed by atoms with van der Waals surface area (Å²) in [5.41, 5.74) is 0. The minimum Gasteiger partial charge on any atom is -0.466 e. The van der Waals surface area contributed by atoms with Crippen LogP contribution in [0, 0.1) is 0 Å². The highest BCUT2D eigenvalue weighted by molar-refractivity contribution is 7.98. The summed E-state index contributed by atoms with van der Waals surface area (Å²) >= 11 is 3.28. The molecule has 0 radical (unpaired) electrons. The maximum atomic E-state index is 11.5. The molecule has 0 spiro atoms. The van der Waals surface area contributed by atoms with Crippen LogP contribution < -0.4 is 0 Å². The molecule has 0 saturated heterocycles. The van der Waals surface area contributed by atoms with Crippen molar-refractivity contribution in [2.45, 2.75) is 24.7 Å². The number of thiophene rings is 1. The predicted molar refractivity (Wildman–Crippen MR) is 61.1 cm³/mol. The van der Waals surface area contributed by atoms with Gasteiger partial charge in [-0.05, 0) is 31.5 Å². The Morgan fingerprint density at radius 3 is 3.00 bits per heavy atom. The van der Waals surface area contributed by atoms with Gasteiger partial charge in [0.15, 0.2) is 0 Å². The minimum atomic E-state index is -0.141. The summed E-state index contributed by atoms with van der Waals surface area (Å²) < 4.78 is 4.99. The molecule has 1 atom stereocenters. The Balaban J connectivity index is 2.77. The van der Waals surface area contributed by atoms with E-state index >= 15 is 0 Å². The lowest BCUT2D eigenvalue weighted by Crippen LogP contribution is -2.12. The molecule has 0 saturated carbocycles. The van der Waals surface area contributed by atoms with Crippen LogP contribution in [-0.2, 0) is 9.53 Å². The maximum Gasteiger partial charge on any atom is 0.313 e. The zero-order valence-corrected chi connectivity index (χ0v) is 10.2. The van der Waals surface area contributed by atoms with Gasteiger partial charge in [-0.3, -0.25) is 4.79 Å². The summed E-state index contributed by atoms with van der Waals surface area (Å²) in [6.07, 6.45) is 2.02. The van der Waals surface area contributed by atoms with Gasteiger partial charge in [0.2, 0.25) is 0 Å². The molecule has 2 nitrogen and oxygen atoms in total. The number of carbonyl (C=O) groups excluding carboxylic acids is 1. The standard InChI is InChI=1S/C10H14O2S2/c1-4-12-10(11)7(2)9-8(13-3)5-6-14-9/h5-7H,4H2,1-3H3. The first-order valence-electron chi connectivity index (χ1n) is 4.48. The van der Waals surface area contributed by atoms with Gasteiger partial charge in [0.1, 0.15) is 0 Å². The summed E-state index contributed by atoms with van der Waals surface area (Å²) in [5.74, 6) is -0.275. The highest BCUT2D eigenvalue weighted by Gasteiger charge is 2.20. The number of thioether (sulfide) groups is 1. The summed E-state index contributed by atoms with van der Waals surface area (Å²) in [5, 5.41) is 2.01. The molecule has 0 fully saturated rings. The van der Waals surface area contributed by atoms with E-state index in [1.165, 1.54) is 4.90 Å². The van der Waals surface area contributed by atoms with Gasteiger partial charge < -0.3 is 4.74 Å². The molecule has 1 aromatic heterocycles. The van der Waals surface area contributed by atoms with Crippen molar-refractivity contribution in [3.63, 3.8) is 0 Å². The number of hydrogen-bond donors (Lipinski definition) is 0. The molecule has 0 aromatic carbocycles. The van der Waals surface area contributed by atoms with E-state index in [0.717, 1.165) is 4.88 Å². The molecule has 1 unspecified atom stereocenters. The van der Waals surface area contributed by atoms with Crippen LogP contribution in [-0.4, -0.2) is 18.8 Å². The Morgan fingerprint density at radius 2 is 2.43 bits per heavy atom. The predicted octanol–water partition coefficient (Wildman–Crippen LogP) is 3.14. The zero-order valence-electron chi connectivity index (χ0n) is 8.57. The van der Waals surface area contributed by atoms with Crippen molar-refractivity contribution in [3.8, 4) is 0 Å². The number of carbonyl (C=O) groups is 1. The monoisotopic (exact) mass is 230 g/mol. The van der Waals surface area contributed by atoms with Crippen LogP contribution >= 0.6 is 23.1 Å². The second-order valence-corrected chi connectivity index (χ2v) is 4.62. The number of rotatable bonds is 4. The SMILES string of the molecule is CCOC(=O)C(C)c1sccc1SC. The topological polar surface area (TPSA) is 26.3 Å². The van der Waals surface area contributed by atoms with Crippen molar-refractivity contribution in [2.75, 3.05) is 12.9 Å². The van der Waals surface area contributed by atoms with Gasteiger partial charge >= 0.3 is 5.97 Å². The summed E-state index contributed by atoms with van der Waals surface area (Å²) in [6.45, 7) is 4.17. The zero-order chi connectivity index (χ0) is 10.6. The van der Waals surface area contributed by atoms with E-state index in [9.17, 15) is 4.79 Å². The van der Waals surface area contributed by atoms with Crippen molar-refractivity contribution in [2.24, 2.45) is 0 Å². The van der Waals surface area contributed by atoms with Gasteiger partial charge in [-0.2, -0.15) is 0 Å². The third-order valence-electron chi connectivity index (χ3n) is 1.91. The van der Waals surface area contributed by atoms with Crippen molar-refractivity contribution >= 4 is 29.1 Å². The van der Waals surface area contributed by atoms with E-state index < -0.39 is 0 Å². The molecule has 1 aromatic rings. The molecule has 1 heterocycles. The highest BCUT2D eigenvalue weighted by atomic mass is 32.2. The summed E-state index contributed by atoms with van der Waals surface area (Å²) in [4.78, 5) is 13.8. The molecule has 0 aliphatic heterocycles. The van der Waals surface area contributed by atoms with E-state index in [2.05, 4.69) is 0 Å². The lowest BCUT2D eigenvalue weighted by molar-refractivity contribution is -0.144. The fraction of sp³-hybridized carbons (Fsp3) is 0.500. The molecule has 14 heavy (non-hydrogen) atoms. The second kappa shape index (κ2) is 5.41. The molecule has 0 aliphatic rings. The first kappa shape index (κ1) is 11.6. The molecular weight excluding hydrogens is 216 g/mol. The average Bonchev–Trinajstić information content (AvgIpc) is 2.64. The Labute approximate surface area is 92.7 Å². The van der Waals surface area contributed by atoms with Gasteiger partial charge in [0.05, 0.1) is 12.5 Å². The van der Waals surface area contributed by atoms with E-state index in [0.29, 0.717) is 6.61 Å². The third kappa shape index (κ3) is 2.51. The lowest BCUT2D eigenvalue weighted by atomic mass is 10.1. The molecular formula is C10H14O2S2. The second-order valence-electron chi connectivity index (χ2n) is 2.83. The van der Waals surface area contributed by atoms with Gasteiger partial charge in [-0.1, -0.05) is 0 Å². The van der Waals surface area contributed by atoms with Crippen LogP contribution in [0.3, 0.4) is 0 Å². The van der Waals surface area contributed by atoms with Crippen LogP contribution in [0.2, 0.25) is 0 Å². The average molecular weight is 230 g/mol. The molecule has 0 N–H and O–H groups in total. The van der Waals surface area contributed by atoms with Crippen molar-refractivity contribution < 1.29 is 9.53 Å². The molecule has 0 bridgehead atoms. The summed E-state index contributed by atoms with van der Waals surface area (Å²) in [6, 6.07) is 2.04. The van der Waals surface area contributed by atoms with E-state index in [4.69, 9.17) is 4.74 Å². The largest absolute Gasteiger partial charge is 0.466 e. The van der Waals surface area contributed by atoms with Gasteiger partial charge in [0, 0.05) is 9.77 Å². The fourth-order valence-electron chi connectivity index (χ4n) is 1.17. The third-order valence-corrected chi connectivity index (χ3v) is 3.94. The van der Waals surface area contributed by atoms with Crippen molar-refractivity contribution in [1.29, 1.82) is 0 Å². The van der Waals surface area contributed by atoms with E-state index in [1.807, 2.05) is 31.5 Å². The smallest absolute Gasteiger partial charge is 0.313 e. The minimum absolute atomic E-state index is 0.134. The van der Waals surface area contributed by atoms with E-state index in [-0.39, 0.29) is 11.9 Å². The summed E-state index contributed by atoms with van der Waals surface area (Å²) in [7, 11) is 0. The number of hydrogen-bond acceptors (Lipinski definition) is 4. The van der Waals surface area contributed by atoms with Gasteiger partial charge in [-0.15, -0.1) is 23.1 Å². The lowest BCUT2D eigenvalue weighted by Gasteiger charge is -2.09. The van der Waals surface area contributed by atoms with Gasteiger partial charge in [-0.25, -0.2) is 0 Å². The van der Waals surface area contributed by atoms with Crippen molar-refractivity contribution in [3.05, 3.63) is 16.3 Å². The van der Waals surface area contributed by atoms with Crippen molar-refractivity contribution in [1.82, 2.24) is 0 Å². The van der Waals surface area contributed by atoms with Crippen LogP contribution in [0.4, 0.5) is 0 Å². The Morgan fingerprint density at radius 1 is 1.71 bits per heavy atom. The maximum absolute atomic E-state index is 11.5. The Bertz CT molecular complexity index is 307. The molecule has 78 valence electrons. The Hall–Kier alpha value is -0.480. The fourth-order valence-corrected chi connectivity index (χ4v) is 3.07. The number of ether oxygens (including phenoxy) is 1. The van der Waals surface area contributed by atoms with Crippen LogP contribution in [0.1, 0.15) is 24.6 Å². The van der Waals surface area contributed by atoms with Crippen LogP contribution in [0.5, 0.6) is 0 Å². The number of esters is 1. The van der Waals surface area contributed by atoms with Crippen LogP contribution in [0.25, 0.3) is 0 Å². The quantitative estimate of drug-likeness (QED) is 0.587. The normalized spacial score (nSPS) is 12.5. The molecule has 4 heteroatoms. The first-order chi connectivity index (χ1) is 6.70. The molecule has 1 rings (SSSR count). The first-order valence-corrected chi connectivity index (χ1v) is 6.59. The molecule has 0 amide bonds. The van der Waals surface area contributed by atoms with Crippen LogP contribution in [0.15, 0.2) is 16.3 Å². The highest BCUT2D eigenvalue weighted by Crippen LogP contribution is 2.32.